The molecular weight excluding hydrogens is 288 g/mol. The number of hydrogen-bond acceptors (Lipinski definition) is 4. The molecule has 1 aromatic rings. The lowest BCUT2D eigenvalue weighted by Crippen LogP contribution is -2.25. The number of benzene rings is 1. The second kappa shape index (κ2) is 9.27. The molecule has 0 radical (unpaired) electrons. The van der Waals surface area contributed by atoms with Gasteiger partial charge in [0.1, 0.15) is 17.7 Å². The number of carbonyl (C=O) groups excluding carboxylic acids is 1. The van der Waals surface area contributed by atoms with Crippen molar-refractivity contribution in [3.8, 4) is 12.1 Å². The van der Waals surface area contributed by atoms with Crippen molar-refractivity contribution in [2.24, 2.45) is 0 Å². The largest absolute Gasteiger partial charge is 0.371 e. The lowest BCUT2D eigenvalue weighted by molar-refractivity contribution is -0.114. The molecule has 1 amide bonds. The maximum atomic E-state index is 11.4. The Kier molecular flexibility index (Phi) is 7.36. The molecule has 1 rings (SSSR count). The first-order valence-corrected chi connectivity index (χ1v) is 7.74. The first-order chi connectivity index (χ1) is 11.0. The molecule has 1 N–H and O–H groups in total. The summed E-state index contributed by atoms with van der Waals surface area (Å²) in [4.78, 5) is 13.7. The summed E-state index contributed by atoms with van der Waals surface area (Å²) in [5.41, 5.74) is 2.28. The summed E-state index contributed by atoms with van der Waals surface area (Å²) in [6.07, 6.45) is 3.55. The molecule has 5 heteroatoms. The summed E-state index contributed by atoms with van der Waals surface area (Å²) in [5.74, 6) is -0.190. The fourth-order valence-electron chi connectivity index (χ4n) is 2.32. The molecular formula is C18H22N4O. The Morgan fingerprint density at radius 2 is 1.83 bits per heavy atom. The Labute approximate surface area is 137 Å². The monoisotopic (exact) mass is 310 g/mol. The Balaban J connectivity index is 3.30. The molecule has 1 aromatic carbocycles. The van der Waals surface area contributed by atoms with E-state index in [9.17, 15) is 4.79 Å². The first kappa shape index (κ1) is 18.3. The van der Waals surface area contributed by atoms with Crippen LogP contribution in [0, 0.1) is 22.7 Å². The van der Waals surface area contributed by atoms with E-state index in [-0.39, 0.29) is 11.5 Å². The number of carbonyl (C=O) groups is 1. The van der Waals surface area contributed by atoms with Crippen molar-refractivity contribution in [1.29, 1.82) is 10.5 Å². The Morgan fingerprint density at radius 3 is 2.30 bits per heavy atom. The van der Waals surface area contributed by atoms with Crippen LogP contribution in [0.3, 0.4) is 0 Å². The van der Waals surface area contributed by atoms with Crippen molar-refractivity contribution in [3.05, 3.63) is 29.3 Å². The van der Waals surface area contributed by atoms with Gasteiger partial charge >= 0.3 is 0 Å². The van der Waals surface area contributed by atoms with Crippen LogP contribution in [0.4, 0.5) is 11.4 Å². The molecule has 0 atom stereocenters. The van der Waals surface area contributed by atoms with Gasteiger partial charge < -0.3 is 10.2 Å². The SMILES string of the molecule is CCCN(CCC)c1ccc(C=C(C#N)C#N)c(NC(C)=O)c1. The summed E-state index contributed by atoms with van der Waals surface area (Å²) in [6, 6.07) is 9.35. The highest BCUT2D eigenvalue weighted by Gasteiger charge is 2.10. The highest BCUT2D eigenvalue weighted by atomic mass is 16.1. The third kappa shape index (κ3) is 5.48. The highest BCUT2D eigenvalue weighted by Crippen LogP contribution is 2.26. The molecule has 5 nitrogen and oxygen atoms in total. The van der Waals surface area contributed by atoms with Gasteiger partial charge in [-0.15, -0.1) is 0 Å². The molecule has 0 saturated carbocycles. The predicted octanol–water partition coefficient (Wildman–Crippen LogP) is 3.70. The minimum absolute atomic E-state index is 0.00308. The van der Waals surface area contributed by atoms with Crippen LogP contribution in [0.5, 0.6) is 0 Å². The van der Waals surface area contributed by atoms with Crippen LogP contribution in [0.15, 0.2) is 23.8 Å². The third-order valence-electron chi connectivity index (χ3n) is 3.24. The molecule has 0 saturated heterocycles. The van der Waals surface area contributed by atoms with Crippen molar-refractivity contribution < 1.29 is 4.79 Å². The van der Waals surface area contributed by atoms with Gasteiger partial charge in [0.15, 0.2) is 0 Å². The van der Waals surface area contributed by atoms with Crippen LogP contribution in [-0.2, 0) is 4.79 Å². The van der Waals surface area contributed by atoms with Crippen molar-refractivity contribution in [3.63, 3.8) is 0 Å². The van der Waals surface area contributed by atoms with Crippen LogP contribution in [0.2, 0.25) is 0 Å². The molecule has 0 spiro atoms. The summed E-state index contributed by atoms with van der Waals surface area (Å²) in [7, 11) is 0. The van der Waals surface area contributed by atoms with Crippen molar-refractivity contribution in [2.45, 2.75) is 33.6 Å². The van der Waals surface area contributed by atoms with Crippen LogP contribution in [-0.4, -0.2) is 19.0 Å². The Morgan fingerprint density at radius 1 is 1.22 bits per heavy atom. The fraction of sp³-hybridized carbons (Fsp3) is 0.389. The molecule has 0 heterocycles. The third-order valence-corrected chi connectivity index (χ3v) is 3.24. The van der Waals surface area contributed by atoms with Crippen LogP contribution in [0.1, 0.15) is 39.2 Å². The van der Waals surface area contributed by atoms with Gasteiger partial charge in [0, 0.05) is 31.3 Å². The Bertz CT molecular complexity index is 643. The molecule has 120 valence electrons. The predicted molar refractivity (Wildman–Crippen MR) is 92.7 cm³/mol. The fourth-order valence-corrected chi connectivity index (χ4v) is 2.32. The summed E-state index contributed by atoms with van der Waals surface area (Å²) >= 11 is 0. The number of nitriles is 2. The molecule has 0 aliphatic heterocycles. The summed E-state index contributed by atoms with van der Waals surface area (Å²) in [5, 5.41) is 20.6. The lowest BCUT2D eigenvalue weighted by Gasteiger charge is -2.25. The molecule has 0 fully saturated rings. The van der Waals surface area contributed by atoms with E-state index in [2.05, 4.69) is 24.1 Å². The lowest BCUT2D eigenvalue weighted by atomic mass is 10.1. The number of anilines is 2. The van der Waals surface area contributed by atoms with Crippen LogP contribution < -0.4 is 10.2 Å². The average molecular weight is 310 g/mol. The number of hydrogen-bond donors (Lipinski definition) is 1. The van der Waals surface area contributed by atoms with Crippen molar-refractivity contribution in [2.75, 3.05) is 23.3 Å². The zero-order valence-corrected chi connectivity index (χ0v) is 13.9. The van der Waals surface area contributed by atoms with Crippen LogP contribution in [0.25, 0.3) is 6.08 Å². The molecule has 0 aromatic heterocycles. The quantitative estimate of drug-likeness (QED) is 0.779. The number of allylic oxidation sites excluding steroid dienone is 1. The van der Waals surface area contributed by atoms with Crippen molar-refractivity contribution >= 4 is 23.4 Å². The average Bonchev–Trinajstić information content (AvgIpc) is 2.53. The number of rotatable bonds is 7. The maximum absolute atomic E-state index is 11.4. The van der Waals surface area contributed by atoms with E-state index in [0.717, 1.165) is 31.6 Å². The second-order valence-corrected chi connectivity index (χ2v) is 5.22. The van der Waals surface area contributed by atoms with Gasteiger partial charge in [-0.05, 0) is 31.1 Å². The molecule has 0 bridgehead atoms. The zero-order chi connectivity index (χ0) is 17.2. The van der Waals surface area contributed by atoms with E-state index < -0.39 is 0 Å². The van der Waals surface area contributed by atoms with Gasteiger partial charge in [0.25, 0.3) is 0 Å². The molecule has 23 heavy (non-hydrogen) atoms. The number of amides is 1. The van der Waals surface area contributed by atoms with E-state index in [4.69, 9.17) is 10.5 Å². The maximum Gasteiger partial charge on any atom is 0.221 e. The normalized spacial score (nSPS) is 9.43. The highest BCUT2D eigenvalue weighted by molar-refractivity contribution is 5.92. The Hall–Kier alpha value is -2.79. The molecule has 0 aliphatic rings. The van der Waals surface area contributed by atoms with E-state index >= 15 is 0 Å². The van der Waals surface area contributed by atoms with E-state index in [1.165, 1.54) is 13.0 Å². The van der Waals surface area contributed by atoms with Gasteiger partial charge in [0.2, 0.25) is 5.91 Å². The molecule has 0 aliphatic carbocycles. The van der Waals surface area contributed by atoms with Crippen molar-refractivity contribution in [1.82, 2.24) is 0 Å². The van der Waals surface area contributed by atoms with Gasteiger partial charge in [0.05, 0.1) is 5.69 Å². The topological polar surface area (TPSA) is 79.9 Å². The summed E-state index contributed by atoms with van der Waals surface area (Å²) < 4.78 is 0. The number of nitrogens with one attached hydrogen (secondary N) is 1. The standard InChI is InChI=1S/C18H22N4O/c1-4-8-22(9-5-2)17-7-6-16(10-15(12-19)13-20)18(11-17)21-14(3)23/h6-7,10-11H,4-5,8-9H2,1-3H3,(H,21,23). The molecule has 0 unspecified atom stereocenters. The van der Waals surface area contributed by atoms with Crippen LogP contribution >= 0.6 is 0 Å². The minimum Gasteiger partial charge on any atom is -0.371 e. The van der Waals surface area contributed by atoms with E-state index in [1.54, 1.807) is 0 Å². The van der Waals surface area contributed by atoms with Gasteiger partial charge in [-0.25, -0.2) is 0 Å². The zero-order valence-electron chi connectivity index (χ0n) is 13.9. The summed E-state index contributed by atoms with van der Waals surface area (Å²) in [6.45, 7) is 7.56. The van der Waals surface area contributed by atoms with Gasteiger partial charge in [-0.1, -0.05) is 19.9 Å². The number of nitrogens with zero attached hydrogens (tertiary/aromatic N) is 3. The first-order valence-electron chi connectivity index (χ1n) is 7.74. The smallest absolute Gasteiger partial charge is 0.221 e. The van der Waals surface area contributed by atoms with Gasteiger partial charge in [-0.3, -0.25) is 4.79 Å². The van der Waals surface area contributed by atoms with Gasteiger partial charge in [-0.2, -0.15) is 10.5 Å². The second-order valence-electron chi connectivity index (χ2n) is 5.22. The van der Waals surface area contributed by atoms with E-state index in [0.29, 0.717) is 11.3 Å². The minimum atomic E-state index is -0.190. The van der Waals surface area contributed by atoms with E-state index in [1.807, 2.05) is 30.3 Å².